The van der Waals surface area contributed by atoms with Crippen LogP contribution >= 0.6 is 0 Å². The van der Waals surface area contributed by atoms with Gasteiger partial charge in [-0.2, -0.15) is 0 Å². The number of rotatable bonds is 0. The Morgan fingerprint density at radius 3 is 1.30 bits per heavy atom. The van der Waals surface area contributed by atoms with Gasteiger partial charge in [0.1, 0.15) is 0 Å². The third-order valence-corrected chi connectivity index (χ3v) is 1.87. The summed E-state index contributed by atoms with van der Waals surface area (Å²) in [6.45, 7) is 0. The average Bonchev–Trinajstić information content (AvgIpc) is 1.77. The second-order valence-corrected chi connectivity index (χ2v) is 2.61. The van der Waals surface area contributed by atoms with Crippen molar-refractivity contribution >= 4 is 59.1 Å². The minimum atomic E-state index is 0. The van der Waals surface area contributed by atoms with E-state index >= 15 is 0 Å². The molecule has 0 aliphatic heterocycles. The van der Waals surface area contributed by atoms with E-state index in [0.29, 0.717) is 0 Å². The predicted molar refractivity (Wildman–Crippen MR) is 45.9 cm³/mol. The van der Waals surface area contributed by atoms with Gasteiger partial charge in [-0.05, 0) is 12.8 Å². The molecule has 2 nitrogen and oxygen atoms in total. The van der Waals surface area contributed by atoms with Gasteiger partial charge in [-0.25, -0.2) is 0 Å². The maximum atomic E-state index is 5.65. The zero-order chi connectivity index (χ0) is 5.98. The van der Waals surface area contributed by atoms with Gasteiger partial charge in [0.05, 0.1) is 0 Å². The van der Waals surface area contributed by atoms with E-state index in [-0.39, 0.29) is 71.2 Å². The number of nitrogens with two attached hydrogens (primary N) is 2. The van der Waals surface area contributed by atoms with Crippen molar-refractivity contribution in [1.82, 2.24) is 0 Å². The molecule has 0 amide bonds. The van der Waals surface area contributed by atoms with E-state index in [1.165, 1.54) is 12.8 Å². The maximum Gasteiger partial charge on any atom is 0.0192 e. The summed E-state index contributed by atoms with van der Waals surface area (Å²) in [5.74, 6) is 0. The summed E-state index contributed by atoms with van der Waals surface area (Å²) in [4.78, 5) is 0. The molecular weight excluding hydrogens is 146 g/mol. The van der Waals surface area contributed by atoms with Crippen molar-refractivity contribution in [3.8, 4) is 0 Å². The van der Waals surface area contributed by atoms with E-state index < -0.39 is 0 Å². The molecule has 2 radical (unpaired) electrons. The van der Waals surface area contributed by atoms with E-state index in [1.54, 1.807) is 0 Å². The SMILES string of the molecule is NC1CCCCC1N.[Na].[Na]. The molecule has 0 saturated heterocycles. The van der Waals surface area contributed by atoms with Crippen molar-refractivity contribution in [2.45, 2.75) is 37.8 Å². The fourth-order valence-electron chi connectivity index (χ4n) is 1.19. The van der Waals surface area contributed by atoms with Crippen LogP contribution in [0.25, 0.3) is 0 Å². The van der Waals surface area contributed by atoms with Crippen molar-refractivity contribution in [3.05, 3.63) is 0 Å². The summed E-state index contributed by atoms with van der Waals surface area (Å²) >= 11 is 0. The Kier molecular flexibility index (Phi) is 10.9. The summed E-state index contributed by atoms with van der Waals surface area (Å²) in [6, 6.07) is 0.562. The Hall–Kier alpha value is 1.92. The largest absolute Gasteiger partial charge is 0.326 e. The topological polar surface area (TPSA) is 52.0 Å². The van der Waals surface area contributed by atoms with Crippen molar-refractivity contribution < 1.29 is 0 Å². The first-order valence-electron chi connectivity index (χ1n) is 3.32. The molecule has 1 fully saturated rings. The smallest absolute Gasteiger partial charge is 0.0192 e. The Labute approximate surface area is 107 Å². The van der Waals surface area contributed by atoms with Crippen LogP contribution in [0, 0.1) is 0 Å². The van der Waals surface area contributed by atoms with Gasteiger partial charge < -0.3 is 11.5 Å². The molecule has 0 bridgehead atoms. The van der Waals surface area contributed by atoms with Crippen LogP contribution in [0.15, 0.2) is 0 Å². The van der Waals surface area contributed by atoms with Gasteiger partial charge in [-0.1, -0.05) is 12.8 Å². The Bertz CT molecular complexity index is 70.1. The van der Waals surface area contributed by atoms with Gasteiger partial charge in [0, 0.05) is 71.2 Å². The second kappa shape index (κ2) is 7.56. The number of hydrogen-bond acceptors (Lipinski definition) is 2. The van der Waals surface area contributed by atoms with E-state index in [4.69, 9.17) is 11.5 Å². The van der Waals surface area contributed by atoms with Gasteiger partial charge in [0.25, 0.3) is 0 Å². The molecule has 0 heterocycles. The molecule has 4 heteroatoms. The minimum Gasteiger partial charge on any atom is -0.326 e. The average molecular weight is 160 g/mol. The van der Waals surface area contributed by atoms with Crippen molar-refractivity contribution in [3.63, 3.8) is 0 Å². The fraction of sp³-hybridized carbons (Fsp3) is 1.00. The first-order chi connectivity index (χ1) is 3.80. The van der Waals surface area contributed by atoms with E-state index in [1.807, 2.05) is 0 Å². The maximum absolute atomic E-state index is 5.65. The molecule has 0 aromatic rings. The molecule has 1 aliphatic carbocycles. The Morgan fingerprint density at radius 2 is 1.10 bits per heavy atom. The van der Waals surface area contributed by atoms with Gasteiger partial charge in [0.2, 0.25) is 0 Å². The third-order valence-electron chi connectivity index (χ3n) is 1.87. The standard InChI is InChI=1S/C6H14N2.2Na/c7-5-3-1-2-4-6(5)8;;/h5-6H,1-4,7-8H2;;. The molecule has 1 rings (SSSR count). The molecular formula is C6H14N2Na2. The molecule has 0 spiro atoms. The van der Waals surface area contributed by atoms with Gasteiger partial charge >= 0.3 is 0 Å². The molecule has 2 atom stereocenters. The van der Waals surface area contributed by atoms with Crippen molar-refractivity contribution in [2.75, 3.05) is 0 Å². The van der Waals surface area contributed by atoms with Crippen LogP contribution in [0.2, 0.25) is 0 Å². The van der Waals surface area contributed by atoms with Crippen molar-refractivity contribution in [1.29, 1.82) is 0 Å². The van der Waals surface area contributed by atoms with Crippen LogP contribution < -0.4 is 11.5 Å². The first-order valence-corrected chi connectivity index (χ1v) is 3.32. The zero-order valence-corrected chi connectivity index (χ0v) is 11.1. The Balaban J connectivity index is 0. The van der Waals surface area contributed by atoms with E-state index in [0.717, 1.165) is 12.8 Å². The third kappa shape index (κ3) is 4.73. The normalized spacial score (nSPS) is 31.8. The quantitative estimate of drug-likeness (QED) is 0.467. The monoisotopic (exact) mass is 160 g/mol. The van der Waals surface area contributed by atoms with E-state index in [2.05, 4.69) is 0 Å². The summed E-state index contributed by atoms with van der Waals surface area (Å²) in [5.41, 5.74) is 11.3. The first kappa shape index (κ1) is 14.4. The summed E-state index contributed by atoms with van der Waals surface area (Å²) in [6.07, 6.45) is 4.80. The zero-order valence-electron chi connectivity index (χ0n) is 7.14. The fourth-order valence-corrected chi connectivity index (χ4v) is 1.19. The molecule has 1 saturated carbocycles. The molecule has 4 N–H and O–H groups in total. The molecule has 0 aromatic heterocycles. The van der Waals surface area contributed by atoms with Crippen LogP contribution in [0.5, 0.6) is 0 Å². The van der Waals surface area contributed by atoms with Crippen LogP contribution in [-0.2, 0) is 0 Å². The molecule has 1 aliphatic rings. The summed E-state index contributed by atoms with van der Waals surface area (Å²) in [5, 5.41) is 0. The second-order valence-electron chi connectivity index (χ2n) is 2.61. The van der Waals surface area contributed by atoms with Crippen LogP contribution in [0.1, 0.15) is 25.7 Å². The molecule has 50 valence electrons. The summed E-state index contributed by atoms with van der Waals surface area (Å²) < 4.78 is 0. The van der Waals surface area contributed by atoms with Crippen LogP contribution in [0.3, 0.4) is 0 Å². The van der Waals surface area contributed by atoms with Crippen LogP contribution in [-0.4, -0.2) is 71.2 Å². The van der Waals surface area contributed by atoms with E-state index in [9.17, 15) is 0 Å². The molecule has 0 aromatic carbocycles. The predicted octanol–water partition coefficient (Wildman–Crippen LogP) is -0.547. The molecule has 2 unspecified atom stereocenters. The number of hydrogen-bond donors (Lipinski definition) is 2. The molecule has 10 heavy (non-hydrogen) atoms. The van der Waals surface area contributed by atoms with Crippen molar-refractivity contribution in [2.24, 2.45) is 11.5 Å². The van der Waals surface area contributed by atoms with Gasteiger partial charge in [0.15, 0.2) is 0 Å². The summed E-state index contributed by atoms with van der Waals surface area (Å²) in [7, 11) is 0. The van der Waals surface area contributed by atoms with Crippen LogP contribution in [0.4, 0.5) is 0 Å². The minimum absolute atomic E-state index is 0. The van der Waals surface area contributed by atoms with Gasteiger partial charge in [-0.15, -0.1) is 0 Å². The Morgan fingerprint density at radius 1 is 0.800 bits per heavy atom. The van der Waals surface area contributed by atoms with Gasteiger partial charge in [-0.3, -0.25) is 0 Å².